The molecule has 1 unspecified atom stereocenters. The molecule has 0 aliphatic heterocycles. The van der Waals surface area contributed by atoms with Gasteiger partial charge in [-0.15, -0.1) is 0 Å². The minimum absolute atomic E-state index is 0.168. The maximum Gasteiger partial charge on any atom is 0.133 e. The molecule has 0 saturated heterocycles. The lowest BCUT2D eigenvalue weighted by molar-refractivity contribution is 0.618. The first-order chi connectivity index (χ1) is 9.15. The van der Waals surface area contributed by atoms with E-state index < -0.39 is 0 Å². The van der Waals surface area contributed by atoms with Gasteiger partial charge in [0, 0.05) is 24.2 Å². The summed E-state index contributed by atoms with van der Waals surface area (Å²) in [6.45, 7) is 4.34. The van der Waals surface area contributed by atoms with Crippen LogP contribution in [0.3, 0.4) is 0 Å². The molecule has 19 heavy (non-hydrogen) atoms. The van der Waals surface area contributed by atoms with Crippen molar-refractivity contribution in [2.24, 2.45) is 5.73 Å². The van der Waals surface area contributed by atoms with Crippen molar-refractivity contribution in [3.05, 3.63) is 47.7 Å². The fraction of sp³-hybridized carbons (Fsp3) is 0.333. The molecule has 100 valence electrons. The molecule has 0 bridgehead atoms. The first kappa shape index (κ1) is 13.6. The summed E-state index contributed by atoms with van der Waals surface area (Å²) in [5.41, 5.74) is 8.04. The smallest absolute Gasteiger partial charge is 0.133 e. The van der Waals surface area contributed by atoms with Crippen molar-refractivity contribution in [2.45, 2.75) is 26.2 Å². The second-order valence-electron chi connectivity index (χ2n) is 4.60. The van der Waals surface area contributed by atoms with Crippen LogP contribution in [0.1, 0.15) is 30.7 Å². The van der Waals surface area contributed by atoms with Crippen LogP contribution in [-0.4, -0.2) is 16.5 Å². The third kappa shape index (κ3) is 2.96. The SMILES string of the molecule is CCC(CN)c1nccc(-c2ccc(F)c(C)c2)n1. The van der Waals surface area contributed by atoms with Crippen LogP contribution in [0.4, 0.5) is 4.39 Å². The largest absolute Gasteiger partial charge is 0.330 e. The Bertz CT molecular complexity index is 565. The highest BCUT2D eigenvalue weighted by Gasteiger charge is 2.12. The summed E-state index contributed by atoms with van der Waals surface area (Å²) in [5.74, 6) is 0.720. The van der Waals surface area contributed by atoms with Crippen LogP contribution in [0, 0.1) is 12.7 Å². The molecule has 1 aromatic heterocycles. The van der Waals surface area contributed by atoms with E-state index in [-0.39, 0.29) is 11.7 Å². The van der Waals surface area contributed by atoms with E-state index in [4.69, 9.17) is 5.73 Å². The normalized spacial score (nSPS) is 12.4. The lowest BCUT2D eigenvalue weighted by atomic mass is 10.0. The Morgan fingerprint density at radius 3 is 2.74 bits per heavy atom. The highest BCUT2D eigenvalue weighted by atomic mass is 19.1. The van der Waals surface area contributed by atoms with E-state index in [0.717, 1.165) is 23.5 Å². The molecule has 0 radical (unpaired) electrons. The Kier molecular flexibility index (Phi) is 4.22. The predicted molar refractivity (Wildman–Crippen MR) is 74.2 cm³/mol. The molecule has 1 atom stereocenters. The van der Waals surface area contributed by atoms with Crippen LogP contribution in [0.15, 0.2) is 30.5 Å². The van der Waals surface area contributed by atoms with Crippen LogP contribution < -0.4 is 5.73 Å². The first-order valence-electron chi connectivity index (χ1n) is 6.45. The second-order valence-corrected chi connectivity index (χ2v) is 4.60. The molecule has 1 aromatic carbocycles. The molecular weight excluding hydrogens is 241 g/mol. The number of aromatic nitrogens is 2. The molecule has 4 heteroatoms. The van der Waals surface area contributed by atoms with Crippen molar-refractivity contribution in [1.82, 2.24) is 9.97 Å². The van der Waals surface area contributed by atoms with E-state index in [9.17, 15) is 4.39 Å². The number of aryl methyl sites for hydroxylation is 1. The van der Waals surface area contributed by atoms with E-state index >= 15 is 0 Å². The van der Waals surface area contributed by atoms with Gasteiger partial charge >= 0.3 is 0 Å². The Balaban J connectivity index is 2.40. The number of halogens is 1. The molecule has 2 N–H and O–H groups in total. The van der Waals surface area contributed by atoms with E-state index in [0.29, 0.717) is 12.1 Å². The van der Waals surface area contributed by atoms with Crippen LogP contribution >= 0.6 is 0 Å². The molecule has 0 amide bonds. The van der Waals surface area contributed by atoms with Gasteiger partial charge in [-0.3, -0.25) is 0 Å². The summed E-state index contributed by atoms with van der Waals surface area (Å²) in [6, 6.07) is 6.83. The van der Waals surface area contributed by atoms with Gasteiger partial charge in [-0.2, -0.15) is 0 Å². The van der Waals surface area contributed by atoms with Crippen molar-refractivity contribution < 1.29 is 4.39 Å². The van der Waals surface area contributed by atoms with Crippen LogP contribution in [-0.2, 0) is 0 Å². The van der Waals surface area contributed by atoms with Crippen molar-refractivity contribution in [2.75, 3.05) is 6.54 Å². The van der Waals surface area contributed by atoms with E-state index in [1.807, 2.05) is 6.07 Å². The number of hydrogen-bond donors (Lipinski definition) is 1. The standard InChI is InChI=1S/C15H18FN3/c1-3-11(9-17)15-18-7-6-14(19-15)12-4-5-13(16)10(2)8-12/h4-8,11H,3,9,17H2,1-2H3. The lowest BCUT2D eigenvalue weighted by Gasteiger charge is -2.11. The monoisotopic (exact) mass is 259 g/mol. The van der Waals surface area contributed by atoms with Gasteiger partial charge in [0.1, 0.15) is 11.6 Å². The van der Waals surface area contributed by atoms with E-state index in [1.54, 1.807) is 25.3 Å². The minimum Gasteiger partial charge on any atom is -0.330 e. The molecule has 0 saturated carbocycles. The molecule has 0 spiro atoms. The molecule has 2 rings (SSSR count). The van der Waals surface area contributed by atoms with Gasteiger partial charge in [-0.25, -0.2) is 14.4 Å². The molecule has 2 aromatic rings. The molecule has 0 fully saturated rings. The number of nitrogens with zero attached hydrogens (tertiary/aromatic N) is 2. The zero-order chi connectivity index (χ0) is 13.8. The zero-order valence-corrected chi connectivity index (χ0v) is 11.2. The summed E-state index contributed by atoms with van der Waals surface area (Å²) in [7, 11) is 0. The predicted octanol–water partition coefficient (Wildman–Crippen LogP) is 3.04. The van der Waals surface area contributed by atoms with E-state index in [1.165, 1.54) is 6.07 Å². The van der Waals surface area contributed by atoms with Crippen LogP contribution in [0.5, 0.6) is 0 Å². The average molecular weight is 259 g/mol. The molecule has 1 heterocycles. The molecule has 3 nitrogen and oxygen atoms in total. The summed E-state index contributed by atoms with van der Waals surface area (Å²) < 4.78 is 13.3. The molecule has 0 aliphatic rings. The average Bonchev–Trinajstić information content (AvgIpc) is 2.44. The fourth-order valence-electron chi connectivity index (χ4n) is 1.99. The van der Waals surface area contributed by atoms with Gasteiger partial charge < -0.3 is 5.73 Å². The second kappa shape index (κ2) is 5.89. The lowest BCUT2D eigenvalue weighted by Crippen LogP contribution is -2.14. The van der Waals surface area contributed by atoms with Gasteiger partial charge in [0.25, 0.3) is 0 Å². The van der Waals surface area contributed by atoms with Crippen molar-refractivity contribution in [1.29, 1.82) is 0 Å². The number of nitrogens with two attached hydrogens (primary N) is 1. The quantitative estimate of drug-likeness (QED) is 0.918. The molecule has 0 aliphatic carbocycles. The number of rotatable bonds is 4. The fourth-order valence-corrected chi connectivity index (χ4v) is 1.99. The first-order valence-corrected chi connectivity index (χ1v) is 6.45. The minimum atomic E-state index is -0.202. The van der Waals surface area contributed by atoms with Gasteiger partial charge in [-0.05, 0) is 43.2 Å². The van der Waals surface area contributed by atoms with Gasteiger partial charge in [-0.1, -0.05) is 6.92 Å². The number of hydrogen-bond acceptors (Lipinski definition) is 3. The Morgan fingerprint density at radius 1 is 1.32 bits per heavy atom. The highest BCUT2D eigenvalue weighted by molar-refractivity contribution is 5.59. The highest BCUT2D eigenvalue weighted by Crippen LogP contribution is 2.22. The molecular formula is C15H18FN3. The van der Waals surface area contributed by atoms with Crippen molar-refractivity contribution in [3.8, 4) is 11.3 Å². The maximum absolute atomic E-state index is 13.3. The van der Waals surface area contributed by atoms with Crippen molar-refractivity contribution >= 4 is 0 Å². The van der Waals surface area contributed by atoms with Gasteiger partial charge in [0.05, 0.1) is 5.69 Å². The van der Waals surface area contributed by atoms with Crippen molar-refractivity contribution in [3.63, 3.8) is 0 Å². The summed E-state index contributed by atoms with van der Waals surface area (Å²) in [4.78, 5) is 8.82. The summed E-state index contributed by atoms with van der Waals surface area (Å²) in [5, 5.41) is 0. The summed E-state index contributed by atoms with van der Waals surface area (Å²) >= 11 is 0. The van der Waals surface area contributed by atoms with Crippen LogP contribution in [0.25, 0.3) is 11.3 Å². The van der Waals surface area contributed by atoms with Crippen LogP contribution in [0.2, 0.25) is 0 Å². The Hall–Kier alpha value is -1.81. The van der Waals surface area contributed by atoms with Gasteiger partial charge in [0.2, 0.25) is 0 Å². The Morgan fingerprint density at radius 2 is 2.11 bits per heavy atom. The topological polar surface area (TPSA) is 51.8 Å². The number of benzene rings is 1. The Labute approximate surface area is 112 Å². The third-order valence-corrected chi connectivity index (χ3v) is 3.27. The van der Waals surface area contributed by atoms with Gasteiger partial charge in [0.15, 0.2) is 0 Å². The van der Waals surface area contributed by atoms with E-state index in [2.05, 4.69) is 16.9 Å². The maximum atomic E-state index is 13.3. The summed E-state index contributed by atoms with van der Waals surface area (Å²) in [6.07, 6.45) is 2.64. The third-order valence-electron chi connectivity index (χ3n) is 3.27. The zero-order valence-electron chi connectivity index (χ0n) is 11.2.